The highest BCUT2D eigenvalue weighted by molar-refractivity contribution is 9.08. The van der Waals surface area contributed by atoms with Crippen molar-refractivity contribution in [3.8, 4) is 0 Å². The molecule has 2 N–H and O–H groups in total. The Balaban J connectivity index is 3.64. The lowest BCUT2D eigenvalue weighted by Gasteiger charge is -1.95. The van der Waals surface area contributed by atoms with Gasteiger partial charge in [-0.05, 0) is 0 Å². The van der Waals surface area contributed by atoms with E-state index >= 15 is 0 Å². The van der Waals surface area contributed by atoms with Crippen molar-refractivity contribution in [1.29, 1.82) is 0 Å². The number of carbonyl (C=O) groups excluding carboxylic acids is 1. The van der Waals surface area contributed by atoms with Gasteiger partial charge in [0.2, 0.25) is 0 Å². The van der Waals surface area contributed by atoms with Gasteiger partial charge < -0.3 is 9.66 Å². The summed E-state index contributed by atoms with van der Waals surface area (Å²) in [5, 5.41) is 2.34. The lowest BCUT2D eigenvalue weighted by atomic mass is 10.6. The smallest absolute Gasteiger partial charge is 0.279 e. The van der Waals surface area contributed by atoms with Crippen LogP contribution in [0.2, 0.25) is 0 Å². The Labute approximate surface area is 61.2 Å². The van der Waals surface area contributed by atoms with E-state index in [4.69, 9.17) is 0 Å². The van der Waals surface area contributed by atoms with Crippen LogP contribution < -0.4 is 9.66 Å². The standard InChI is InChI=1S/C3H5BrN2OS/c1-5-2(7)3(8)6-4/h1H3,(H,5,7)(H,6,8). The highest BCUT2D eigenvalue weighted by atomic mass is 79.9. The molecule has 3 nitrogen and oxygen atoms in total. The molecule has 46 valence electrons. The van der Waals surface area contributed by atoms with Crippen LogP contribution in [0.4, 0.5) is 0 Å². The monoisotopic (exact) mass is 196 g/mol. The van der Waals surface area contributed by atoms with E-state index in [1.54, 1.807) is 0 Å². The van der Waals surface area contributed by atoms with Crippen LogP contribution in [-0.4, -0.2) is 17.9 Å². The minimum absolute atomic E-state index is 0.132. The Morgan fingerprint density at radius 3 is 2.38 bits per heavy atom. The van der Waals surface area contributed by atoms with Crippen molar-refractivity contribution in [1.82, 2.24) is 9.66 Å². The number of amides is 1. The summed E-state index contributed by atoms with van der Waals surface area (Å²) < 4.78 is 2.35. The van der Waals surface area contributed by atoms with Crippen molar-refractivity contribution < 1.29 is 4.79 Å². The second-order valence-corrected chi connectivity index (χ2v) is 1.81. The zero-order chi connectivity index (χ0) is 6.57. The fraction of sp³-hybridized carbons (Fsp3) is 0.333. The zero-order valence-corrected chi connectivity index (χ0v) is 6.60. The highest BCUT2D eigenvalue weighted by Crippen LogP contribution is 1.74. The molecule has 0 atom stereocenters. The van der Waals surface area contributed by atoms with Crippen molar-refractivity contribution in [3.05, 3.63) is 0 Å². The van der Waals surface area contributed by atoms with Crippen molar-refractivity contribution in [2.75, 3.05) is 7.05 Å². The fourth-order valence-corrected chi connectivity index (χ4v) is 0.439. The van der Waals surface area contributed by atoms with E-state index in [2.05, 4.69) is 38.0 Å². The summed E-state index contributed by atoms with van der Waals surface area (Å²) in [5.74, 6) is -0.295. The maximum atomic E-state index is 10.4. The first-order valence-corrected chi connectivity index (χ1v) is 3.05. The van der Waals surface area contributed by atoms with Crippen molar-refractivity contribution >= 4 is 39.3 Å². The molecule has 0 aliphatic rings. The quantitative estimate of drug-likeness (QED) is 0.423. The molecule has 0 aliphatic carbocycles. The molecule has 0 aromatic carbocycles. The molecule has 5 heteroatoms. The van der Waals surface area contributed by atoms with Gasteiger partial charge in [0.25, 0.3) is 5.91 Å². The average Bonchev–Trinajstić information content (AvgIpc) is 1.84. The van der Waals surface area contributed by atoms with Crippen LogP contribution in [0.15, 0.2) is 0 Å². The molecule has 0 spiro atoms. The largest absolute Gasteiger partial charge is 0.353 e. The first kappa shape index (κ1) is 7.84. The number of likely N-dealkylation sites (N-methyl/N-ethyl adjacent to an activating group) is 1. The van der Waals surface area contributed by atoms with Crippen molar-refractivity contribution in [2.45, 2.75) is 0 Å². The molecule has 0 unspecified atom stereocenters. The van der Waals surface area contributed by atoms with E-state index in [0.29, 0.717) is 0 Å². The maximum Gasteiger partial charge on any atom is 0.279 e. The van der Waals surface area contributed by atoms with Crippen LogP contribution in [0.5, 0.6) is 0 Å². The van der Waals surface area contributed by atoms with Crippen LogP contribution in [-0.2, 0) is 4.79 Å². The predicted molar refractivity (Wildman–Crippen MR) is 38.7 cm³/mol. The molecular weight excluding hydrogens is 192 g/mol. The predicted octanol–water partition coefficient (Wildman–Crippen LogP) is -0.0407. The van der Waals surface area contributed by atoms with Gasteiger partial charge >= 0.3 is 0 Å². The number of carbonyl (C=O) groups is 1. The number of hydrogen-bond acceptors (Lipinski definition) is 2. The molecule has 1 amide bonds. The molecule has 0 radical (unpaired) electrons. The molecule has 0 heterocycles. The molecular formula is C3H5BrN2OS. The summed E-state index contributed by atoms with van der Waals surface area (Å²) in [7, 11) is 1.51. The highest BCUT2D eigenvalue weighted by Gasteiger charge is 2.01. The summed E-state index contributed by atoms with van der Waals surface area (Å²) in [4.78, 5) is 10.5. The molecule has 0 saturated carbocycles. The Morgan fingerprint density at radius 1 is 1.75 bits per heavy atom. The van der Waals surface area contributed by atoms with Crippen molar-refractivity contribution in [3.63, 3.8) is 0 Å². The van der Waals surface area contributed by atoms with Crippen LogP contribution in [0.25, 0.3) is 0 Å². The Bertz CT molecular complexity index is 102. The number of halogens is 1. The first-order chi connectivity index (χ1) is 3.72. The van der Waals surface area contributed by atoms with Gasteiger partial charge in [0.15, 0.2) is 4.99 Å². The minimum Gasteiger partial charge on any atom is -0.353 e. The van der Waals surface area contributed by atoms with Gasteiger partial charge in [0.05, 0.1) is 0 Å². The van der Waals surface area contributed by atoms with Gasteiger partial charge in [-0.3, -0.25) is 4.79 Å². The molecule has 0 aliphatic heterocycles. The molecule has 8 heavy (non-hydrogen) atoms. The van der Waals surface area contributed by atoms with Gasteiger partial charge in [-0.1, -0.05) is 12.2 Å². The van der Waals surface area contributed by atoms with Gasteiger partial charge in [0.1, 0.15) is 0 Å². The van der Waals surface area contributed by atoms with Crippen LogP contribution in [0.3, 0.4) is 0 Å². The SMILES string of the molecule is CNC(=O)C(=S)NBr. The normalized spacial score (nSPS) is 7.75. The van der Waals surface area contributed by atoms with Gasteiger partial charge in [-0.2, -0.15) is 0 Å². The summed E-state index contributed by atoms with van der Waals surface area (Å²) in [5.41, 5.74) is 0. The first-order valence-electron chi connectivity index (χ1n) is 1.85. The second-order valence-electron chi connectivity index (χ2n) is 1.00. The van der Waals surface area contributed by atoms with E-state index in [9.17, 15) is 4.79 Å². The summed E-state index contributed by atoms with van der Waals surface area (Å²) in [6.45, 7) is 0. The van der Waals surface area contributed by atoms with Gasteiger partial charge in [-0.25, -0.2) is 0 Å². The molecule has 0 rings (SSSR count). The Morgan fingerprint density at radius 2 is 2.25 bits per heavy atom. The van der Waals surface area contributed by atoms with E-state index in [1.807, 2.05) is 0 Å². The number of thiocarbonyl (C=S) groups is 1. The van der Waals surface area contributed by atoms with Gasteiger partial charge in [0, 0.05) is 23.2 Å². The zero-order valence-electron chi connectivity index (χ0n) is 4.19. The third-order valence-electron chi connectivity index (χ3n) is 0.519. The van der Waals surface area contributed by atoms with E-state index in [-0.39, 0.29) is 10.9 Å². The molecule has 0 saturated heterocycles. The average molecular weight is 197 g/mol. The third kappa shape index (κ3) is 2.23. The number of nitrogens with one attached hydrogen (secondary N) is 2. The fourth-order valence-electron chi connectivity index (χ4n) is 0.156. The lowest BCUT2D eigenvalue weighted by Crippen LogP contribution is -2.31. The number of hydrogen-bond donors (Lipinski definition) is 2. The molecule has 0 fully saturated rings. The topological polar surface area (TPSA) is 41.1 Å². The maximum absolute atomic E-state index is 10.4. The summed E-state index contributed by atoms with van der Waals surface area (Å²) in [6.07, 6.45) is 0. The van der Waals surface area contributed by atoms with E-state index < -0.39 is 0 Å². The minimum atomic E-state index is -0.295. The Hall–Kier alpha value is -0.160. The van der Waals surface area contributed by atoms with Gasteiger partial charge in [-0.15, -0.1) is 0 Å². The summed E-state index contributed by atoms with van der Waals surface area (Å²) in [6, 6.07) is 0. The third-order valence-corrected chi connectivity index (χ3v) is 1.47. The summed E-state index contributed by atoms with van der Waals surface area (Å²) >= 11 is 7.31. The van der Waals surface area contributed by atoms with E-state index in [1.165, 1.54) is 7.05 Å². The molecule has 0 aromatic rings. The van der Waals surface area contributed by atoms with E-state index in [0.717, 1.165) is 0 Å². The van der Waals surface area contributed by atoms with Crippen LogP contribution >= 0.6 is 28.4 Å². The number of rotatable bonds is 0. The van der Waals surface area contributed by atoms with Crippen molar-refractivity contribution in [2.24, 2.45) is 0 Å². The lowest BCUT2D eigenvalue weighted by molar-refractivity contribution is -0.114. The molecule has 0 aromatic heterocycles. The van der Waals surface area contributed by atoms with Crippen LogP contribution in [0, 0.1) is 0 Å². The Kier molecular flexibility index (Phi) is 3.72. The second kappa shape index (κ2) is 3.80. The molecule has 0 bridgehead atoms. The van der Waals surface area contributed by atoms with Crippen LogP contribution in [0.1, 0.15) is 0 Å².